The van der Waals surface area contributed by atoms with Gasteiger partial charge in [0.05, 0.1) is 0 Å². The predicted octanol–water partition coefficient (Wildman–Crippen LogP) is 2.78. The summed E-state index contributed by atoms with van der Waals surface area (Å²) in [6, 6.07) is 12.6. The molecule has 0 radical (unpaired) electrons. The van der Waals surface area contributed by atoms with Crippen LogP contribution in [0.15, 0.2) is 46.9 Å². The Morgan fingerprint density at radius 1 is 1.08 bits per heavy atom. The van der Waals surface area contributed by atoms with Crippen LogP contribution in [0.3, 0.4) is 0 Å². The van der Waals surface area contributed by atoms with Gasteiger partial charge in [-0.15, -0.1) is 0 Å². The molecule has 2 aromatic carbocycles. The van der Waals surface area contributed by atoms with Crippen molar-refractivity contribution in [3.8, 4) is 5.75 Å². The molecule has 26 heavy (non-hydrogen) atoms. The smallest absolute Gasteiger partial charge is 0.276 e. The van der Waals surface area contributed by atoms with E-state index in [1.807, 2.05) is 38.1 Å². The zero-order valence-corrected chi connectivity index (χ0v) is 16.7. The number of hydrogen-bond donors (Lipinski definition) is 3. The first-order valence-corrected chi connectivity index (χ1v) is 8.91. The van der Waals surface area contributed by atoms with Crippen LogP contribution in [0, 0.1) is 13.8 Å². The fraction of sp³-hybridized carbons (Fsp3) is 0.167. The maximum atomic E-state index is 12.1. The Hall–Kier alpha value is -2.45. The van der Waals surface area contributed by atoms with Crippen LogP contribution in [0.4, 0.5) is 0 Å². The highest BCUT2D eigenvalue weighted by Gasteiger charge is 2.11. The Kier molecular flexibility index (Phi) is 7.11. The van der Waals surface area contributed by atoms with Gasteiger partial charge in [0.2, 0.25) is 0 Å². The molecule has 0 aliphatic heterocycles. The molecule has 6 nitrogen and oxygen atoms in total. The van der Waals surface area contributed by atoms with Crippen molar-refractivity contribution >= 4 is 45.1 Å². The van der Waals surface area contributed by atoms with Crippen LogP contribution in [0.5, 0.6) is 5.75 Å². The summed E-state index contributed by atoms with van der Waals surface area (Å²) in [6.07, 6.45) is 0. The molecule has 0 aromatic heterocycles. The van der Waals surface area contributed by atoms with Crippen LogP contribution in [-0.4, -0.2) is 23.5 Å². The van der Waals surface area contributed by atoms with Crippen molar-refractivity contribution in [3.05, 3.63) is 63.6 Å². The number of aryl methyl sites for hydroxylation is 2. The average Bonchev–Trinajstić information content (AvgIpc) is 2.59. The van der Waals surface area contributed by atoms with Crippen LogP contribution >= 0.6 is 28.1 Å². The molecule has 0 fully saturated rings. The summed E-state index contributed by atoms with van der Waals surface area (Å²) in [5.41, 5.74) is 7.09. The number of carbonyl (C=O) groups excluding carboxylic acids is 2. The van der Waals surface area contributed by atoms with E-state index in [2.05, 4.69) is 32.1 Å². The molecule has 3 N–H and O–H groups in total. The van der Waals surface area contributed by atoms with Crippen LogP contribution < -0.4 is 20.9 Å². The number of benzene rings is 2. The highest BCUT2D eigenvalue weighted by molar-refractivity contribution is 9.10. The lowest BCUT2D eigenvalue weighted by Crippen LogP contribution is -2.49. The van der Waals surface area contributed by atoms with E-state index in [1.54, 1.807) is 18.2 Å². The largest absolute Gasteiger partial charge is 0.483 e. The fourth-order valence-corrected chi connectivity index (χ4v) is 2.73. The minimum absolute atomic E-state index is 0.00794. The van der Waals surface area contributed by atoms with E-state index in [0.717, 1.165) is 15.6 Å². The quantitative estimate of drug-likeness (QED) is 0.508. The number of hydrazine groups is 1. The second-order valence-electron chi connectivity index (χ2n) is 5.47. The minimum atomic E-state index is -0.431. The van der Waals surface area contributed by atoms with Crippen molar-refractivity contribution in [2.75, 3.05) is 6.61 Å². The van der Waals surface area contributed by atoms with Gasteiger partial charge in [0.25, 0.3) is 11.8 Å². The Morgan fingerprint density at radius 2 is 1.81 bits per heavy atom. The molecule has 0 saturated heterocycles. The Balaban J connectivity index is 1.77. The maximum Gasteiger partial charge on any atom is 0.276 e. The molecule has 0 atom stereocenters. The summed E-state index contributed by atoms with van der Waals surface area (Å²) in [6.45, 7) is 3.52. The van der Waals surface area contributed by atoms with Gasteiger partial charge in [0.15, 0.2) is 11.7 Å². The zero-order chi connectivity index (χ0) is 19.1. The monoisotopic (exact) mass is 435 g/mol. The van der Waals surface area contributed by atoms with Crippen molar-refractivity contribution < 1.29 is 14.3 Å². The van der Waals surface area contributed by atoms with Crippen molar-refractivity contribution in [3.63, 3.8) is 0 Å². The molecule has 0 unspecified atom stereocenters. The van der Waals surface area contributed by atoms with Gasteiger partial charge >= 0.3 is 0 Å². The molecular formula is C18H18BrN3O3S. The molecule has 8 heteroatoms. The van der Waals surface area contributed by atoms with Gasteiger partial charge in [-0.05, 0) is 61.5 Å². The third kappa shape index (κ3) is 5.82. The van der Waals surface area contributed by atoms with Crippen molar-refractivity contribution in [2.24, 2.45) is 0 Å². The van der Waals surface area contributed by atoms with Crippen LogP contribution in [0.1, 0.15) is 21.5 Å². The number of hydrogen-bond acceptors (Lipinski definition) is 4. The van der Waals surface area contributed by atoms with Gasteiger partial charge in [-0.1, -0.05) is 34.1 Å². The number of halogens is 1. The Labute approximate surface area is 165 Å². The molecule has 0 heterocycles. The van der Waals surface area contributed by atoms with Gasteiger partial charge < -0.3 is 4.74 Å². The molecule has 136 valence electrons. The second-order valence-corrected chi connectivity index (χ2v) is 6.79. The van der Waals surface area contributed by atoms with Crippen LogP contribution in [0.25, 0.3) is 0 Å². The number of thiocarbonyl (C=S) groups is 1. The molecule has 2 rings (SSSR count). The van der Waals surface area contributed by atoms with E-state index < -0.39 is 5.91 Å². The lowest BCUT2D eigenvalue weighted by molar-refractivity contribution is -0.123. The number of nitrogens with one attached hydrogen (secondary N) is 3. The molecule has 0 saturated carbocycles. The van der Waals surface area contributed by atoms with E-state index in [-0.39, 0.29) is 17.6 Å². The fourth-order valence-electron chi connectivity index (χ4n) is 2.11. The van der Waals surface area contributed by atoms with E-state index in [1.165, 1.54) is 0 Å². The van der Waals surface area contributed by atoms with E-state index >= 15 is 0 Å². The van der Waals surface area contributed by atoms with Gasteiger partial charge in [0.1, 0.15) is 5.75 Å². The van der Waals surface area contributed by atoms with Gasteiger partial charge in [0, 0.05) is 10.0 Å². The minimum Gasteiger partial charge on any atom is -0.483 e. The maximum absolute atomic E-state index is 12.1. The summed E-state index contributed by atoms with van der Waals surface area (Å²) >= 11 is 8.37. The number of amides is 2. The van der Waals surface area contributed by atoms with E-state index in [9.17, 15) is 9.59 Å². The standard InChI is InChI=1S/C18H18BrN3O3S/c1-11-5-3-4-6-14(11)17(24)20-18(26)22-21-16(23)10-25-15-8-7-13(19)9-12(15)2/h3-9H,10H2,1-2H3,(H,21,23)(H2,20,22,24,26). The van der Waals surface area contributed by atoms with Gasteiger partial charge in [-0.25, -0.2) is 0 Å². The molecule has 0 aliphatic carbocycles. The summed E-state index contributed by atoms with van der Waals surface area (Å²) in [5.74, 6) is -0.171. The first kappa shape index (κ1) is 19.9. The Bertz CT molecular complexity index is 842. The third-order valence-electron chi connectivity index (χ3n) is 3.43. The lowest BCUT2D eigenvalue weighted by atomic mass is 10.1. The van der Waals surface area contributed by atoms with Gasteiger partial charge in [-0.3, -0.25) is 25.8 Å². The SMILES string of the molecule is Cc1cc(Br)ccc1OCC(=O)NNC(=S)NC(=O)c1ccccc1C. The molecule has 2 aromatic rings. The predicted molar refractivity (Wildman–Crippen MR) is 107 cm³/mol. The molecular weight excluding hydrogens is 418 g/mol. The normalized spacial score (nSPS) is 9.96. The number of ether oxygens (including phenoxy) is 1. The molecule has 0 bridgehead atoms. The van der Waals surface area contributed by atoms with Crippen LogP contribution in [0.2, 0.25) is 0 Å². The highest BCUT2D eigenvalue weighted by atomic mass is 79.9. The number of carbonyl (C=O) groups is 2. The second kappa shape index (κ2) is 9.30. The first-order chi connectivity index (χ1) is 12.4. The van der Waals surface area contributed by atoms with E-state index in [0.29, 0.717) is 11.3 Å². The summed E-state index contributed by atoms with van der Waals surface area (Å²) in [7, 11) is 0. The number of rotatable bonds is 4. The molecule has 0 spiro atoms. The topological polar surface area (TPSA) is 79.5 Å². The lowest BCUT2D eigenvalue weighted by Gasteiger charge is -2.13. The van der Waals surface area contributed by atoms with Gasteiger partial charge in [-0.2, -0.15) is 0 Å². The summed E-state index contributed by atoms with van der Waals surface area (Å²) in [4.78, 5) is 23.9. The summed E-state index contributed by atoms with van der Waals surface area (Å²) in [5, 5.41) is 2.49. The van der Waals surface area contributed by atoms with Crippen molar-refractivity contribution in [2.45, 2.75) is 13.8 Å². The van der Waals surface area contributed by atoms with Crippen LogP contribution in [-0.2, 0) is 4.79 Å². The zero-order valence-electron chi connectivity index (χ0n) is 14.3. The molecule has 0 aliphatic rings. The summed E-state index contributed by atoms with van der Waals surface area (Å²) < 4.78 is 6.38. The van der Waals surface area contributed by atoms with E-state index in [4.69, 9.17) is 17.0 Å². The third-order valence-corrected chi connectivity index (χ3v) is 4.13. The Morgan fingerprint density at radius 3 is 2.50 bits per heavy atom. The average molecular weight is 436 g/mol. The molecule has 2 amide bonds. The van der Waals surface area contributed by atoms with Crippen molar-refractivity contribution in [1.29, 1.82) is 0 Å². The first-order valence-electron chi connectivity index (χ1n) is 7.71. The highest BCUT2D eigenvalue weighted by Crippen LogP contribution is 2.21. The van der Waals surface area contributed by atoms with Crippen molar-refractivity contribution in [1.82, 2.24) is 16.2 Å².